The van der Waals surface area contributed by atoms with E-state index in [2.05, 4.69) is 21.2 Å². The number of nitrogens with one attached hydrogen (secondary N) is 1. The maximum Gasteiger partial charge on any atom is 0.250 e. The Labute approximate surface area is 132 Å². The lowest BCUT2D eigenvalue weighted by Crippen LogP contribution is -2.64. The predicted molar refractivity (Wildman–Crippen MR) is 84.4 cm³/mol. The highest BCUT2D eigenvalue weighted by molar-refractivity contribution is 9.10. The first-order chi connectivity index (χ1) is 9.86. The van der Waals surface area contributed by atoms with Gasteiger partial charge in [0.2, 0.25) is 5.91 Å². The van der Waals surface area contributed by atoms with Crippen LogP contribution in [-0.2, 0) is 9.59 Å². The van der Waals surface area contributed by atoms with E-state index in [1.54, 1.807) is 26.2 Å². The molecule has 0 spiro atoms. The van der Waals surface area contributed by atoms with E-state index in [1.807, 2.05) is 19.9 Å². The Bertz CT molecular complexity index is 574. The highest BCUT2D eigenvalue weighted by Gasteiger charge is 2.40. The summed E-state index contributed by atoms with van der Waals surface area (Å²) >= 11 is 3.45. The average Bonchev–Trinajstić information content (AvgIpc) is 2.44. The summed E-state index contributed by atoms with van der Waals surface area (Å²) in [4.78, 5) is 26.4. The van der Waals surface area contributed by atoms with Gasteiger partial charge in [0.05, 0.1) is 12.8 Å². The number of hydrogen-bond acceptors (Lipinski definition) is 3. The van der Waals surface area contributed by atoms with Crippen molar-refractivity contribution in [3.05, 3.63) is 22.7 Å². The van der Waals surface area contributed by atoms with Gasteiger partial charge in [0.15, 0.2) is 0 Å². The van der Waals surface area contributed by atoms with E-state index >= 15 is 0 Å². The molecule has 0 bridgehead atoms. The van der Waals surface area contributed by atoms with Gasteiger partial charge < -0.3 is 10.1 Å². The van der Waals surface area contributed by atoms with Gasteiger partial charge >= 0.3 is 0 Å². The molecule has 2 amide bonds. The third kappa shape index (κ3) is 2.90. The highest BCUT2D eigenvalue weighted by atomic mass is 79.9. The molecule has 1 aromatic rings. The molecule has 1 N–H and O–H groups in total. The zero-order valence-corrected chi connectivity index (χ0v) is 14.1. The van der Waals surface area contributed by atoms with Gasteiger partial charge in [-0.25, -0.2) is 0 Å². The smallest absolute Gasteiger partial charge is 0.250 e. The zero-order chi connectivity index (χ0) is 15.7. The Morgan fingerprint density at radius 1 is 1.33 bits per heavy atom. The van der Waals surface area contributed by atoms with Crippen LogP contribution in [0.2, 0.25) is 0 Å². The van der Waals surface area contributed by atoms with Gasteiger partial charge in [0.1, 0.15) is 17.8 Å². The molecule has 2 atom stereocenters. The van der Waals surface area contributed by atoms with Crippen LogP contribution < -0.4 is 15.0 Å². The monoisotopic (exact) mass is 354 g/mol. The number of ether oxygens (including phenoxy) is 1. The van der Waals surface area contributed by atoms with Crippen molar-refractivity contribution in [1.82, 2.24) is 5.32 Å². The van der Waals surface area contributed by atoms with Crippen LogP contribution in [0.5, 0.6) is 5.75 Å². The Kier molecular flexibility index (Phi) is 4.56. The Hall–Kier alpha value is -1.56. The topological polar surface area (TPSA) is 58.6 Å². The first-order valence-electron chi connectivity index (χ1n) is 6.83. The summed E-state index contributed by atoms with van der Waals surface area (Å²) in [5, 5.41) is 2.79. The number of piperazine rings is 1. The quantitative estimate of drug-likeness (QED) is 0.906. The van der Waals surface area contributed by atoms with E-state index < -0.39 is 12.1 Å². The van der Waals surface area contributed by atoms with Crippen LogP contribution in [0.15, 0.2) is 22.7 Å². The van der Waals surface area contributed by atoms with Gasteiger partial charge in [0.25, 0.3) is 5.91 Å². The zero-order valence-electron chi connectivity index (χ0n) is 12.5. The summed E-state index contributed by atoms with van der Waals surface area (Å²) < 4.78 is 5.96. The number of rotatable bonds is 3. The minimum Gasteiger partial charge on any atom is -0.497 e. The standard InChI is InChI=1S/C15H19BrN2O3/c1-8(2)13-15(20)18(9(3)14(19)17-13)12-7-10(21-4)5-6-11(12)16/h5-9,13H,1-4H3,(H,17,19). The molecule has 1 heterocycles. The van der Waals surface area contributed by atoms with E-state index in [0.29, 0.717) is 11.4 Å². The third-order valence-corrected chi connectivity index (χ3v) is 4.32. The fourth-order valence-electron chi connectivity index (χ4n) is 2.38. The Morgan fingerprint density at radius 3 is 2.57 bits per heavy atom. The number of amides is 2. The summed E-state index contributed by atoms with van der Waals surface area (Å²) in [5.41, 5.74) is 0.646. The molecule has 0 radical (unpaired) electrons. The number of carbonyl (C=O) groups excluding carboxylic acids is 2. The Morgan fingerprint density at radius 2 is 2.00 bits per heavy atom. The molecule has 0 saturated carbocycles. The molecule has 1 saturated heterocycles. The molecule has 1 fully saturated rings. The number of carbonyl (C=O) groups is 2. The molecular weight excluding hydrogens is 336 g/mol. The predicted octanol–water partition coefficient (Wildman–Crippen LogP) is 2.33. The summed E-state index contributed by atoms with van der Waals surface area (Å²) in [7, 11) is 1.57. The molecule has 0 aromatic heterocycles. The van der Waals surface area contributed by atoms with Crippen molar-refractivity contribution in [2.75, 3.05) is 12.0 Å². The van der Waals surface area contributed by atoms with Crippen molar-refractivity contribution >= 4 is 33.4 Å². The lowest BCUT2D eigenvalue weighted by Gasteiger charge is -2.39. The minimum absolute atomic E-state index is 0.0285. The Balaban J connectivity index is 2.48. The second kappa shape index (κ2) is 6.05. The van der Waals surface area contributed by atoms with Crippen molar-refractivity contribution < 1.29 is 14.3 Å². The van der Waals surface area contributed by atoms with E-state index in [0.717, 1.165) is 4.47 Å². The van der Waals surface area contributed by atoms with Crippen LogP contribution in [0.25, 0.3) is 0 Å². The van der Waals surface area contributed by atoms with Gasteiger partial charge in [-0.1, -0.05) is 13.8 Å². The van der Waals surface area contributed by atoms with Crippen LogP contribution in [0, 0.1) is 5.92 Å². The first-order valence-corrected chi connectivity index (χ1v) is 7.63. The van der Waals surface area contributed by atoms with Gasteiger partial charge in [-0.3, -0.25) is 14.5 Å². The van der Waals surface area contributed by atoms with E-state index in [9.17, 15) is 9.59 Å². The third-order valence-electron chi connectivity index (χ3n) is 3.65. The second-order valence-corrected chi connectivity index (χ2v) is 6.29. The first kappa shape index (κ1) is 15.8. The van der Waals surface area contributed by atoms with E-state index in [4.69, 9.17) is 4.74 Å². The van der Waals surface area contributed by atoms with Gasteiger partial charge in [-0.05, 0) is 40.9 Å². The maximum absolute atomic E-state index is 12.7. The van der Waals surface area contributed by atoms with Crippen molar-refractivity contribution in [3.63, 3.8) is 0 Å². The number of benzene rings is 1. The second-order valence-electron chi connectivity index (χ2n) is 5.43. The lowest BCUT2D eigenvalue weighted by atomic mass is 9.98. The van der Waals surface area contributed by atoms with Crippen LogP contribution in [0.3, 0.4) is 0 Å². The molecule has 1 aromatic carbocycles. The fourth-order valence-corrected chi connectivity index (χ4v) is 2.81. The van der Waals surface area contributed by atoms with Gasteiger partial charge in [-0.15, -0.1) is 0 Å². The van der Waals surface area contributed by atoms with Crippen molar-refractivity contribution in [2.24, 2.45) is 5.92 Å². The molecule has 114 valence electrons. The number of methoxy groups -OCH3 is 1. The van der Waals surface area contributed by atoms with Crippen LogP contribution >= 0.6 is 15.9 Å². The summed E-state index contributed by atoms with van der Waals surface area (Å²) in [6.45, 7) is 5.55. The molecule has 2 rings (SSSR count). The number of nitrogens with zero attached hydrogens (tertiary/aromatic N) is 1. The summed E-state index contributed by atoms with van der Waals surface area (Å²) in [5.74, 6) is 0.412. The summed E-state index contributed by atoms with van der Waals surface area (Å²) in [6, 6.07) is 4.30. The number of halogens is 1. The molecule has 6 heteroatoms. The molecule has 21 heavy (non-hydrogen) atoms. The molecule has 0 aliphatic carbocycles. The van der Waals surface area contributed by atoms with Crippen LogP contribution in [0.1, 0.15) is 20.8 Å². The molecule has 2 unspecified atom stereocenters. The lowest BCUT2D eigenvalue weighted by molar-refractivity contribution is -0.134. The fraction of sp³-hybridized carbons (Fsp3) is 0.467. The van der Waals surface area contributed by atoms with Gasteiger partial charge in [0, 0.05) is 10.5 Å². The van der Waals surface area contributed by atoms with Crippen LogP contribution in [-0.4, -0.2) is 31.0 Å². The number of anilines is 1. The molecule has 1 aliphatic heterocycles. The van der Waals surface area contributed by atoms with Gasteiger partial charge in [-0.2, -0.15) is 0 Å². The molecular formula is C15H19BrN2O3. The largest absolute Gasteiger partial charge is 0.497 e. The van der Waals surface area contributed by atoms with E-state index in [1.165, 1.54) is 4.90 Å². The van der Waals surface area contributed by atoms with Crippen LogP contribution in [0.4, 0.5) is 5.69 Å². The molecule has 5 nitrogen and oxygen atoms in total. The summed E-state index contributed by atoms with van der Waals surface area (Å²) in [6.07, 6.45) is 0. The van der Waals surface area contributed by atoms with Crippen molar-refractivity contribution in [3.8, 4) is 5.75 Å². The average molecular weight is 355 g/mol. The normalized spacial score (nSPS) is 22.5. The van der Waals surface area contributed by atoms with Crippen molar-refractivity contribution in [1.29, 1.82) is 0 Å². The number of hydrogen-bond donors (Lipinski definition) is 1. The highest BCUT2D eigenvalue weighted by Crippen LogP contribution is 2.33. The van der Waals surface area contributed by atoms with Crippen molar-refractivity contribution in [2.45, 2.75) is 32.9 Å². The molecule has 1 aliphatic rings. The maximum atomic E-state index is 12.7. The minimum atomic E-state index is -0.559. The van der Waals surface area contributed by atoms with E-state index in [-0.39, 0.29) is 17.7 Å². The SMILES string of the molecule is COc1ccc(Br)c(N2C(=O)C(C(C)C)NC(=O)C2C)c1.